The Kier molecular flexibility index (Phi) is 5.93. The Labute approximate surface area is 145 Å². The van der Waals surface area contributed by atoms with Crippen LogP contribution in [-0.4, -0.2) is 47.2 Å². The Balaban J connectivity index is 2.29. The first-order valence-corrected chi connectivity index (χ1v) is 7.93. The number of benzene rings is 1. The number of hydrogen-bond donors (Lipinski definition) is 1. The van der Waals surface area contributed by atoms with Crippen molar-refractivity contribution in [2.75, 3.05) is 13.7 Å². The van der Waals surface area contributed by atoms with Gasteiger partial charge in [0.1, 0.15) is 0 Å². The van der Waals surface area contributed by atoms with Gasteiger partial charge in [-0.1, -0.05) is 36.4 Å². The van der Waals surface area contributed by atoms with Gasteiger partial charge in [-0.2, -0.15) is 0 Å². The number of methoxy groups -OCH3 is 1. The van der Waals surface area contributed by atoms with E-state index < -0.39 is 29.4 Å². The monoisotopic (exact) mass is 347 g/mol. The van der Waals surface area contributed by atoms with Crippen LogP contribution in [0.4, 0.5) is 0 Å². The van der Waals surface area contributed by atoms with Crippen molar-refractivity contribution >= 4 is 17.8 Å². The molecule has 0 saturated heterocycles. The van der Waals surface area contributed by atoms with Crippen LogP contribution >= 0.6 is 0 Å². The standard InChI is InChI=1S/C18H21NO6/c1-3-25-15(20)11-14-9-10-19(12-13-7-5-4-6-8-13)16(21)18(14,23)17(22)24-2/h4-10,14,23H,3,11-12H2,1-2H3/t14-,18-/m0/s1. The molecule has 1 aromatic rings. The maximum absolute atomic E-state index is 12.8. The summed E-state index contributed by atoms with van der Waals surface area (Å²) < 4.78 is 9.46. The minimum absolute atomic E-state index is 0.167. The van der Waals surface area contributed by atoms with Gasteiger partial charge in [0.25, 0.3) is 5.91 Å². The summed E-state index contributed by atoms with van der Waals surface area (Å²) in [7, 11) is 1.08. The van der Waals surface area contributed by atoms with Crippen molar-refractivity contribution < 1.29 is 29.0 Å². The van der Waals surface area contributed by atoms with Crippen LogP contribution in [0.1, 0.15) is 18.9 Å². The molecule has 1 aliphatic heterocycles. The lowest BCUT2D eigenvalue weighted by atomic mass is 9.81. The van der Waals surface area contributed by atoms with Gasteiger partial charge in [-0.15, -0.1) is 0 Å². The van der Waals surface area contributed by atoms with Crippen molar-refractivity contribution in [2.45, 2.75) is 25.5 Å². The number of ether oxygens (including phenoxy) is 2. The number of rotatable bonds is 6. The lowest BCUT2D eigenvalue weighted by molar-refractivity contribution is -0.180. The normalized spacial score (nSPS) is 22.6. The topological polar surface area (TPSA) is 93.1 Å². The van der Waals surface area contributed by atoms with Crippen LogP contribution in [0.2, 0.25) is 0 Å². The minimum atomic E-state index is -2.47. The molecule has 1 aromatic carbocycles. The zero-order valence-electron chi connectivity index (χ0n) is 14.2. The van der Waals surface area contributed by atoms with Gasteiger partial charge in [0.2, 0.25) is 5.60 Å². The average Bonchev–Trinajstić information content (AvgIpc) is 2.62. The van der Waals surface area contributed by atoms with Gasteiger partial charge in [-0.25, -0.2) is 4.79 Å². The van der Waals surface area contributed by atoms with Crippen LogP contribution in [-0.2, 0) is 30.4 Å². The third-order valence-electron chi connectivity index (χ3n) is 4.01. The van der Waals surface area contributed by atoms with Crippen LogP contribution < -0.4 is 0 Å². The lowest BCUT2D eigenvalue weighted by Gasteiger charge is -2.37. The first kappa shape index (κ1) is 18.7. The highest BCUT2D eigenvalue weighted by Gasteiger charge is 2.55. The third-order valence-corrected chi connectivity index (χ3v) is 4.01. The van der Waals surface area contributed by atoms with E-state index in [-0.39, 0.29) is 19.6 Å². The number of aliphatic hydroxyl groups is 1. The largest absolute Gasteiger partial charge is 0.466 e. The molecule has 0 aliphatic carbocycles. The molecule has 1 aliphatic rings. The molecule has 25 heavy (non-hydrogen) atoms. The Morgan fingerprint density at radius 3 is 2.56 bits per heavy atom. The van der Waals surface area contributed by atoms with E-state index in [0.29, 0.717) is 0 Å². The Bertz CT molecular complexity index is 671. The van der Waals surface area contributed by atoms with Crippen LogP contribution in [0, 0.1) is 5.92 Å². The number of hydrogen-bond acceptors (Lipinski definition) is 6. The van der Waals surface area contributed by atoms with E-state index in [4.69, 9.17) is 4.74 Å². The van der Waals surface area contributed by atoms with Crippen molar-refractivity contribution in [3.8, 4) is 0 Å². The highest BCUT2D eigenvalue weighted by atomic mass is 16.5. The molecule has 1 N–H and O–H groups in total. The van der Waals surface area contributed by atoms with E-state index in [9.17, 15) is 19.5 Å². The second-order valence-corrected chi connectivity index (χ2v) is 5.63. The summed E-state index contributed by atoms with van der Waals surface area (Å²) in [5.41, 5.74) is -1.64. The lowest BCUT2D eigenvalue weighted by Crippen LogP contribution is -2.60. The predicted molar refractivity (Wildman–Crippen MR) is 87.8 cm³/mol. The van der Waals surface area contributed by atoms with Gasteiger partial charge in [0, 0.05) is 12.1 Å². The van der Waals surface area contributed by atoms with Crippen LogP contribution in [0.5, 0.6) is 0 Å². The molecule has 1 heterocycles. The summed E-state index contributed by atoms with van der Waals surface area (Å²) in [4.78, 5) is 37.9. The van der Waals surface area contributed by atoms with Crippen molar-refractivity contribution in [2.24, 2.45) is 5.92 Å². The zero-order chi connectivity index (χ0) is 18.4. The average molecular weight is 347 g/mol. The first-order chi connectivity index (χ1) is 11.9. The van der Waals surface area contributed by atoms with E-state index in [1.54, 1.807) is 6.92 Å². The Hall–Kier alpha value is -2.67. The molecule has 0 fully saturated rings. The number of esters is 2. The van der Waals surface area contributed by atoms with Crippen LogP contribution in [0.3, 0.4) is 0 Å². The molecule has 0 radical (unpaired) electrons. The fourth-order valence-electron chi connectivity index (χ4n) is 2.71. The molecule has 0 unspecified atom stereocenters. The van der Waals surface area contributed by atoms with Crippen molar-refractivity contribution in [1.29, 1.82) is 0 Å². The quantitative estimate of drug-likeness (QED) is 0.610. The molecular weight excluding hydrogens is 326 g/mol. The molecule has 134 valence electrons. The second-order valence-electron chi connectivity index (χ2n) is 5.63. The van der Waals surface area contributed by atoms with Crippen LogP contribution in [0.25, 0.3) is 0 Å². The van der Waals surface area contributed by atoms with Crippen LogP contribution in [0.15, 0.2) is 42.6 Å². The van der Waals surface area contributed by atoms with E-state index in [2.05, 4.69) is 4.74 Å². The first-order valence-electron chi connectivity index (χ1n) is 7.93. The number of carbonyl (C=O) groups excluding carboxylic acids is 3. The highest BCUT2D eigenvalue weighted by molar-refractivity contribution is 6.07. The van der Waals surface area contributed by atoms with Gasteiger partial charge in [0.15, 0.2) is 0 Å². The molecule has 2 rings (SSSR count). The van der Waals surface area contributed by atoms with E-state index in [0.717, 1.165) is 12.7 Å². The zero-order valence-corrected chi connectivity index (χ0v) is 14.2. The maximum atomic E-state index is 12.8. The number of carbonyl (C=O) groups is 3. The number of nitrogens with zero attached hydrogens (tertiary/aromatic N) is 1. The van der Waals surface area contributed by atoms with Gasteiger partial charge < -0.3 is 19.5 Å². The second kappa shape index (κ2) is 7.94. The van der Waals surface area contributed by atoms with E-state index >= 15 is 0 Å². The van der Waals surface area contributed by atoms with Crippen molar-refractivity contribution in [3.05, 3.63) is 48.2 Å². The predicted octanol–water partition coefficient (Wildman–Crippen LogP) is 1.02. The van der Waals surface area contributed by atoms with Gasteiger partial charge in [-0.05, 0) is 12.5 Å². The van der Waals surface area contributed by atoms with Gasteiger partial charge >= 0.3 is 11.9 Å². The summed E-state index contributed by atoms with van der Waals surface area (Å²) in [5.74, 6) is -3.60. The Morgan fingerprint density at radius 1 is 1.28 bits per heavy atom. The summed E-state index contributed by atoms with van der Waals surface area (Å²) in [5, 5.41) is 10.8. The SMILES string of the molecule is CCOC(=O)C[C@@H]1C=CN(Cc2ccccc2)C(=O)[C@]1(O)C(=O)OC. The van der Waals surface area contributed by atoms with E-state index in [1.165, 1.54) is 17.2 Å². The maximum Gasteiger partial charge on any atom is 0.348 e. The molecular formula is C18H21NO6. The molecule has 2 atom stereocenters. The summed E-state index contributed by atoms with van der Waals surface area (Å²) in [6.07, 6.45) is 2.62. The molecule has 1 amide bonds. The minimum Gasteiger partial charge on any atom is -0.466 e. The third kappa shape index (κ3) is 3.88. The molecule has 0 saturated carbocycles. The smallest absolute Gasteiger partial charge is 0.348 e. The summed E-state index contributed by atoms with van der Waals surface area (Å²) in [6.45, 7) is 2.00. The highest BCUT2D eigenvalue weighted by Crippen LogP contribution is 2.32. The number of amides is 1. The molecule has 0 spiro atoms. The fourth-order valence-corrected chi connectivity index (χ4v) is 2.71. The van der Waals surface area contributed by atoms with E-state index in [1.807, 2.05) is 30.3 Å². The van der Waals surface area contributed by atoms with Crippen molar-refractivity contribution in [1.82, 2.24) is 4.90 Å². The summed E-state index contributed by atoms with van der Waals surface area (Å²) in [6, 6.07) is 9.14. The molecule has 0 bridgehead atoms. The Morgan fingerprint density at radius 2 is 1.96 bits per heavy atom. The van der Waals surface area contributed by atoms with Crippen molar-refractivity contribution in [3.63, 3.8) is 0 Å². The molecule has 0 aromatic heterocycles. The van der Waals surface area contributed by atoms with Gasteiger partial charge in [0.05, 0.1) is 26.7 Å². The van der Waals surface area contributed by atoms with Gasteiger partial charge in [-0.3, -0.25) is 9.59 Å². The summed E-state index contributed by atoms with van der Waals surface area (Å²) >= 11 is 0. The molecule has 7 heteroatoms. The molecule has 7 nitrogen and oxygen atoms in total. The fraction of sp³-hybridized carbons (Fsp3) is 0.389.